The first-order chi connectivity index (χ1) is 12.7. The summed E-state index contributed by atoms with van der Waals surface area (Å²) in [6.45, 7) is 13.7. The van der Waals surface area contributed by atoms with E-state index in [1.807, 2.05) is 18.2 Å². The Bertz CT molecular complexity index is 889. The Balaban J connectivity index is 1.96. The SMILES string of the molecule is CCN1c2cc(F)c(C=Nc3ccc(C(C)C)cc3)cc2C(C)=CC1(C)C. The summed E-state index contributed by atoms with van der Waals surface area (Å²) in [5, 5.41) is 0. The third kappa shape index (κ3) is 3.83. The molecule has 3 rings (SSSR count). The summed E-state index contributed by atoms with van der Waals surface area (Å²) in [4.78, 5) is 6.72. The van der Waals surface area contributed by atoms with Crippen molar-refractivity contribution in [2.45, 2.75) is 53.0 Å². The van der Waals surface area contributed by atoms with Crippen LogP contribution in [0.25, 0.3) is 5.57 Å². The van der Waals surface area contributed by atoms with Crippen molar-refractivity contribution in [2.24, 2.45) is 4.99 Å². The number of hydrogen-bond donors (Lipinski definition) is 0. The van der Waals surface area contributed by atoms with Gasteiger partial charge in [-0.2, -0.15) is 0 Å². The lowest BCUT2D eigenvalue weighted by atomic mass is 9.88. The summed E-state index contributed by atoms with van der Waals surface area (Å²) in [5.41, 5.74) is 5.72. The summed E-state index contributed by atoms with van der Waals surface area (Å²) in [6, 6.07) is 11.7. The number of allylic oxidation sites excluding steroid dienone is 1. The topological polar surface area (TPSA) is 15.6 Å². The van der Waals surface area contributed by atoms with Gasteiger partial charge in [-0.15, -0.1) is 0 Å². The number of likely N-dealkylation sites (N-methyl/N-ethyl adjacent to an activating group) is 1. The van der Waals surface area contributed by atoms with E-state index in [-0.39, 0.29) is 11.4 Å². The second-order valence-electron chi connectivity index (χ2n) is 8.12. The zero-order valence-corrected chi connectivity index (χ0v) is 17.2. The Hall–Kier alpha value is -2.42. The Labute approximate surface area is 162 Å². The largest absolute Gasteiger partial charge is 0.363 e. The van der Waals surface area contributed by atoms with E-state index in [1.165, 1.54) is 11.1 Å². The molecule has 0 spiro atoms. The number of fused-ring (bicyclic) bond motifs is 1. The van der Waals surface area contributed by atoms with Crippen molar-refractivity contribution in [1.29, 1.82) is 0 Å². The van der Waals surface area contributed by atoms with Crippen LogP contribution in [0, 0.1) is 5.82 Å². The minimum atomic E-state index is -0.236. The van der Waals surface area contributed by atoms with E-state index in [0.29, 0.717) is 11.5 Å². The molecule has 0 unspecified atom stereocenters. The molecule has 142 valence electrons. The fourth-order valence-corrected chi connectivity index (χ4v) is 3.88. The van der Waals surface area contributed by atoms with Crippen molar-refractivity contribution in [1.82, 2.24) is 0 Å². The molecule has 1 aliphatic heterocycles. The number of aliphatic imine (C=N–C) groups is 1. The van der Waals surface area contributed by atoms with Gasteiger partial charge in [0.15, 0.2) is 0 Å². The van der Waals surface area contributed by atoms with Crippen LogP contribution in [0.15, 0.2) is 47.5 Å². The number of nitrogens with zero attached hydrogens (tertiary/aromatic N) is 2. The van der Waals surface area contributed by atoms with E-state index in [0.717, 1.165) is 23.5 Å². The molecule has 27 heavy (non-hydrogen) atoms. The predicted molar refractivity (Wildman–Crippen MR) is 115 cm³/mol. The first-order valence-corrected chi connectivity index (χ1v) is 9.68. The van der Waals surface area contributed by atoms with Gasteiger partial charge in [0.05, 0.1) is 11.2 Å². The lowest BCUT2D eigenvalue weighted by Gasteiger charge is -2.42. The monoisotopic (exact) mass is 364 g/mol. The molecule has 0 atom stereocenters. The highest BCUT2D eigenvalue weighted by molar-refractivity contribution is 5.89. The van der Waals surface area contributed by atoms with Gasteiger partial charge >= 0.3 is 0 Å². The highest BCUT2D eigenvalue weighted by Crippen LogP contribution is 2.39. The van der Waals surface area contributed by atoms with Crippen LogP contribution in [0.4, 0.5) is 15.8 Å². The zero-order chi connectivity index (χ0) is 19.8. The van der Waals surface area contributed by atoms with Crippen molar-refractivity contribution >= 4 is 23.2 Å². The number of hydrogen-bond acceptors (Lipinski definition) is 2. The highest BCUT2D eigenvalue weighted by atomic mass is 19.1. The van der Waals surface area contributed by atoms with E-state index in [2.05, 4.69) is 69.6 Å². The molecule has 0 aliphatic carbocycles. The second-order valence-corrected chi connectivity index (χ2v) is 8.12. The third-order valence-corrected chi connectivity index (χ3v) is 5.32. The van der Waals surface area contributed by atoms with Gasteiger partial charge in [0.1, 0.15) is 5.82 Å². The second kappa shape index (κ2) is 7.30. The Morgan fingerprint density at radius 2 is 1.81 bits per heavy atom. The average Bonchev–Trinajstić information content (AvgIpc) is 2.60. The van der Waals surface area contributed by atoms with Crippen LogP contribution in [0.5, 0.6) is 0 Å². The summed E-state index contributed by atoms with van der Waals surface area (Å²) in [5.74, 6) is 0.252. The fourth-order valence-electron chi connectivity index (χ4n) is 3.88. The maximum atomic E-state index is 14.8. The summed E-state index contributed by atoms with van der Waals surface area (Å²) in [7, 11) is 0. The molecule has 2 nitrogen and oxygen atoms in total. The van der Waals surface area contributed by atoms with Crippen molar-refractivity contribution in [3.05, 3.63) is 65.0 Å². The van der Waals surface area contributed by atoms with Crippen molar-refractivity contribution in [3.8, 4) is 0 Å². The maximum Gasteiger partial charge on any atom is 0.134 e. The van der Waals surface area contributed by atoms with Crippen LogP contribution in [-0.2, 0) is 0 Å². The maximum absolute atomic E-state index is 14.8. The molecule has 0 radical (unpaired) electrons. The third-order valence-electron chi connectivity index (χ3n) is 5.32. The first kappa shape index (κ1) is 19.3. The Kier molecular flexibility index (Phi) is 5.23. The van der Waals surface area contributed by atoms with E-state index < -0.39 is 0 Å². The van der Waals surface area contributed by atoms with Gasteiger partial charge < -0.3 is 4.90 Å². The van der Waals surface area contributed by atoms with Gasteiger partial charge in [-0.1, -0.05) is 32.1 Å². The molecule has 0 bridgehead atoms. The lowest BCUT2D eigenvalue weighted by molar-refractivity contribution is 0.561. The number of benzene rings is 2. The first-order valence-electron chi connectivity index (χ1n) is 9.68. The lowest BCUT2D eigenvalue weighted by Crippen LogP contribution is -2.45. The number of halogens is 1. The predicted octanol–water partition coefficient (Wildman–Crippen LogP) is 6.72. The number of anilines is 1. The van der Waals surface area contributed by atoms with Crippen molar-refractivity contribution in [3.63, 3.8) is 0 Å². The summed E-state index contributed by atoms with van der Waals surface area (Å²) < 4.78 is 14.8. The average molecular weight is 365 g/mol. The van der Waals surface area contributed by atoms with E-state index in [4.69, 9.17) is 0 Å². The highest BCUT2D eigenvalue weighted by Gasteiger charge is 2.30. The molecular weight excluding hydrogens is 335 g/mol. The van der Waals surface area contributed by atoms with Crippen LogP contribution < -0.4 is 4.90 Å². The molecule has 0 fully saturated rings. The van der Waals surface area contributed by atoms with Crippen molar-refractivity contribution in [2.75, 3.05) is 11.4 Å². The summed E-state index contributed by atoms with van der Waals surface area (Å²) in [6.07, 6.45) is 3.88. The molecule has 2 aromatic carbocycles. The fraction of sp³-hybridized carbons (Fsp3) is 0.375. The Morgan fingerprint density at radius 1 is 1.15 bits per heavy atom. The van der Waals surface area contributed by atoms with Gasteiger partial charge in [0.2, 0.25) is 0 Å². The van der Waals surface area contributed by atoms with Gasteiger partial charge in [-0.05, 0) is 69.0 Å². The smallest absolute Gasteiger partial charge is 0.134 e. The minimum Gasteiger partial charge on any atom is -0.363 e. The quantitative estimate of drug-likeness (QED) is 0.550. The van der Waals surface area contributed by atoms with Gasteiger partial charge in [-0.3, -0.25) is 4.99 Å². The Morgan fingerprint density at radius 3 is 2.41 bits per heavy atom. The standard InChI is InChI=1S/C24H29FN2/c1-7-27-23-13-22(25)19(12-21(23)17(4)14-24(27,5)6)15-26-20-10-8-18(9-11-20)16(2)3/h8-16H,7H2,1-6H3. The molecule has 3 heteroatoms. The molecule has 0 N–H and O–H groups in total. The minimum absolute atomic E-state index is 0.119. The normalized spacial score (nSPS) is 16.0. The zero-order valence-electron chi connectivity index (χ0n) is 17.2. The molecular formula is C24H29FN2. The van der Waals surface area contributed by atoms with Crippen molar-refractivity contribution < 1.29 is 4.39 Å². The molecule has 0 saturated carbocycles. The molecule has 1 heterocycles. The van der Waals surface area contributed by atoms with Crippen LogP contribution >= 0.6 is 0 Å². The van der Waals surface area contributed by atoms with Crippen LogP contribution in [0.2, 0.25) is 0 Å². The molecule has 2 aromatic rings. The van der Waals surface area contributed by atoms with E-state index >= 15 is 0 Å². The van der Waals surface area contributed by atoms with Gasteiger partial charge in [0, 0.05) is 29.6 Å². The van der Waals surface area contributed by atoms with Crippen LogP contribution in [-0.4, -0.2) is 18.3 Å². The number of rotatable bonds is 4. The molecule has 1 aliphatic rings. The van der Waals surface area contributed by atoms with E-state index in [1.54, 1.807) is 12.3 Å². The van der Waals surface area contributed by atoms with Gasteiger partial charge in [-0.25, -0.2) is 4.39 Å². The molecule has 0 saturated heterocycles. The van der Waals surface area contributed by atoms with Gasteiger partial charge in [0.25, 0.3) is 0 Å². The van der Waals surface area contributed by atoms with Crippen LogP contribution in [0.1, 0.15) is 64.2 Å². The van der Waals surface area contributed by atoms with E-state index in [9.17, 15) is 4.39 Å². The summed E-state index contributed by atoms with van der Waals surface area (Å²) >= 11 is 0. The van der Waals surface area contributed by atoms with Crippen LogP contribution in [0.3, 0.4) is 0 Å². The molecule has 0 aromatic heterocycles. The molecule has 0 amide bonds.